The predicted octanol–water partition coefficient (Wildman–Crippen LogP) is 4.62. The molecule has 4 aromatic rings. The molecule has 38 heavy (non-hydrogen) atoms. The van der Waals surface area contributed by atoms with Gasteiger partial charge in [-0.1, -0.05) is 48.5 Å². The quantitative estimate of drug-likeness (QED) is 0.153. The van der Waals surface area contributed by atoms with Crippen LogP contribution in [-0.4, -0.2) is 43.2 Å². The summed E-state index contributed by atoms with van der Waals surface area (Å²) in [6.07, 6.45) is 4.74. The van der Waals surface area contributed by atoms with Gasteiger partial charge in [0, 0.05) is 17.3 Å². The Bertz CT molecular complexity index is 1490. The highest BCUT2D eigenvalue weighted by Crippen LogP contribution is 2.38. The summed E-state index contributed by atoms with van der Waals surface area (Å²) in [6.45, 7) is 0. The van der Waals surface area contributed by atoms with Crippen molar-refractivity contribution in [3.8, 4) is 40.3 Å². The van der Waals surface area contributed by atoms with Crippen LogP contribution in [0.2, 0.25) is 0 Å². The van der Waals surface area contributed by atoms with Gasteiger partial charge in [0.25, 0.3) is 5.91 Å². The second-order valence-electron chi connectivity index (χ2n) is 7.91. The SMILES string of the molecule is COc1cc(C=C(C#N)C(=O)NN=Cc2cn(-c3ccccc3)nc2-c2ccccc2)cc(OC)c1OC. The number of hydrazone groups is 1. The van der Waals surface area contributed by atoms with Gasteiger partial charge < -0.3 is 14.2 Å². The van der Waals surface area contributed by atoms with Crippen molar-refractivity contribution in [1.82, 2.24) is 15.2 Å². The van der Waals surface area contributed by atoms with E-state index in [9.17, 15) is 10.1 Å². The zero-order chi connectivity index (χ0) is 26.9. The number of nitriles is 1. The topological polar surface area (TPSA) is 111 Å². The summed E-state index contributed by atoms with van der Waals surface area (Å²) in [7, 11) is 4.47. The Kier molecular flexibility index (Phi) is 8.16. The van der Waals surface area contributed by atoms with Crippen LogP contribution in [0.3, 0.4) is 0 Å². The van der Waals surface area contributed by atoms with Crippen LogP contribution in [0.1, 0.15) is 11.1 Å². The first-order valence-electron chi connectivity index (χ1n) is 11.5. The molecule has 3 aromatic carbocycles. The maximum absolute atomic E-state index is 12.8. The Hall–Kier alpha value is -5.36. The van der Waals surface area contributed by atoms with Crippen LogP contribution in [0.5, 0.6) is 17.2 Å². The molecule has 4 rings (SSSR count). The van der Waals surface area contributed by atoms with E-state index in [1.165, 1.54) is 33.6 Å². The van der Waals surface area contributed by atoms with Crippen LogP contribution < -0.4 is 19.6 Å². The number of nitrogens with one attached hydrogen (secondary N) is 1. The van der Waals surface area contributed by atoms with Crippen LogP contribution in [-0.2, 0) is 4.79 Å². The first-order valence-corrected chi connectivity index (χ1v) is 11.5. The number of ether oxygens (including phenoxy) is 3. The smallest absolute Gasteiger partial charge is 0.282 e. The third kappa shape index (κ3) is 5.71. The summed E-state index contributed by atoms with van der Waals surface area (Å²) in [6, 6.07) is 24.5. The number of para-hydroxylation sites is 1. The van der Waals surface area contributed by atoms with Crippen LogP contribution in [0, 0.1) is 11.3 Å². The molecule has 0 radical (unpaired) electrons. The van der Waals surface area contributed by atoms with E-state index in [1.807, 2.05) is 72.9 Å². The number of methoxy groups -OCH3 is 3. The Morgan fingerprint density at radius 3 is 2.18 bits per heavy atom. The van der Waals surface area contributed by atoms with Crippen molar-refractivity contribution >= 4 is 18.2 Å². The summed E-state index contributed by atoms with van der Waals surface area (Å²) >= 11 is 0. The highest BCUT2D eigenvalue weighted by molar-refractivity contribution is 6.02. The Balaban J connectivity index is 1.60. The van der Waals surface area contributed by atoms with Gasteiger partial charge in [0.2, 0.25) is 5.75 Å². The molecule has 1 aromatic heterocycles. The van der Waals surface area contributed by atoms with Gasteiger partial charge in [0.05, 0.1) is 33.2 Å². The largest absolute Gasteiger partial charge is 0.493 e. The number of hydrogen-bond donors (Lipinski definition) is 1. The minimum absolute atomic E-state index is 0.153. The summed E-state index contributed by atoms with van der Waals surface area (Å²) in [5.41, 5.74) is 5.96. The lowest BCUT2D eigenvalue weighted by Crippen LogP contribution is -2.19. The molecule has 0 saturated heterocycles. The van der Waals surface area contributed by atoms with Gasteiger partial charge in [-0.2, -0.15) is 15.5 Å². The van der Waals surface area contributed by atoms with Crippen LogP contribution >= 0.6 is 0 Å². The van der Waals surface area contributed by atoms with E-state index in [0.29, 0.717) is 34.1 Å². The molecule has 0 aliphatic heterocycles. The molecule has 9 heteroatoms. The van der Waals surface area contributed by atoms with Crippen LogP contribution in [0.4, 0.5) is 0 Å². The predicted molar refractivity (Wildman–Crippen MR) is 144 cm³/mol. The number of carbonyl (C=O) groups is 1. The molecular formula is C29H25N5O4. The fraction of sp³-hybridized carbons (Fsp3) is 0.103. The van der Waals surface area contributed by atoms with E-state index >= 15 is 0 Å². The normalized spacial score (nSPS) is 11.2. The third-order valence-electron chi connectivity index (χ3n) is 5.54. The van der Waals surface area contributed by atoms with Gasteiger partial charge in [0.1, 0.15) is 17.3 Å². The van der Waals surface area contributed by atoms with Crippen LogP contribution in [0.15, 0.2) is 89.7 Å². The molecule has 9 nitrogen and oxygen atoms in total. The van der Waals surface area contributed by atoms with Crippen LogP contribution in [0.25, 0.3) is 23.0 Å². The Labute approximate surface area is 220 Å². The fourth-order valence-electron chi connectivity index (χ4n) is 3.74. The molecule has 0 unspecified atom stereocenters. The molecule has 0 spiro atoms. The average Bonchev–Trinajstić information content (AvgIpc) is 3.40. The zero-order valence-corrected chi connectivity index (χ0v) is 21.1. The molecule has 0 fully saturated rings. The number of aromatic nitrogens is 2. The number of nitrogens with zero attached hydrogens (tertiary/aromatic N) is 4. The van der Waals surface area contributed by atoms with Gasteiger partial charge in [-0.05, 0) is 35.9 Å². The Morgan fingerprint density at radius 1 is 0.974 bits per heavy atom. The van der Waals surface area contributed by atoms with Crippen molar-refractivity contribution in [2.75, 3.05) is 21.3 Å². The number of rotatable bonds is 9. The second-order valence-corrected chi connectivity index (χ2v) is 7.91. The zero-order valence-electron chi connectivity index (χ0n) is 21.1. The minimum Gasteiger partial charge on any atom is -0.493 e. The highest BCUT2D eigenvalue weighted by atomic mass is 16.5. The highest BCUT2D eigenvalue weighted by Gasteiger charge is 2.15. The molecule has 0 aliphatic rings. The van der Waals surface area contributed by atoms with E-state index in [-0.39, 0.29) is 5.57 Å². The lowest BCUT2D eigenvalue weighted by molar-refractivity contribution is -0.117. The van der Waals surface area contributed by atoms with Gasteiger partial charge >= 0.3 is 0 Å². The van der Waals surface area contributed by atoms with Crippen molar-refractivity contribution in [2.45, 2.75) is 0 Å². The molecule has 1 amide bonds. The summed E-state index contributed by atoms with van der Waals surface area (Å²) in [5, 5.41) is 18.4. The first kappa shape index (κ1) is 25.7. The van der Waals surface area contributed by atoms with Crippen molar-refractivity contribution in [1.29, 1.82) is 5.26 Å². The van der Waals surface area contributed by atoms with Gasteiger partial charge in [0.15, 0.2) is 11.5 Å². The van der Waals surface area contributed by atoms with Crippen molar-refractivity contribution in [3.05, 3.63) is 95.7 Å². The monoisotopic (exact) mass is 507 g/mol. The van der Waals surface area contributed by atoms with E-state index in [1.54, 1.807) is 16.8 Å². The molecule has 1 heterocycles. The molecule has 0 saturated carbocycles. The van der Waals surface area contributed by atoms with Gasteiger partial charge in [-0.15, -0.1) is 0 Å². The van der Waals surface area contributed by atoms with E-state index < -0.39 is 5.91 Å². The van der Waals surface area contributed by atoms with E-state index in [0.717, 1.165) is 11.3 Å². The van der Waals surface area contributed by atoms with Crippen molar-refractivity contribution in [3.63, 3.8) is 0 Å². The van der Waals surface area contributed by atoms with E-state index in [4.69, 9.17) is 19.3 Å². The molecule has 0 bridgehead atoms. The maximum Gasteiger partial charge on any atom is 0.282 e. The van der Waals surface area contributed by atoms with Gasteiger partial charge in [-0.3, -0.25) is 4.79 Å². The molecular weight excluding hydrogens is 482 g/mol. The third-order valence-corrected chi connectivity index (χ3v) is 5.54. The lowest BCUT2D eigenvalue weighted by atomic mass is 10.1. The summed E-state index contributed by atoms with van der Waals surface area (Å²) in [4.78, 5) is 12.8. The lowest BCUT2D eigenvalue weighted by Gasteiger charge is -2.13. The number of benzene rings is 3. The standard InChI is InChI=1S/C29H25N5O4/c1-36-25-15-20(16-26(37-2)28(25)38-3)14-22(17-30)29(35)32-31-18-23-19-34(24-12-8-5-9-13-24)33-27(23)21-10-6-4-7-11-21/h4-16,18-19H,1-3H3,(H,32,35). The summed E-state index contributed by atoms with van der Waals surface area (Å²) < 4.78 is 17.7. The first-order chi connectivity index (χ1) is 18.6. The van der Waals surface area contributed by atoms with Gasteiger partial charge in [-0.25, -0.2) is 10.1 Å². The van der Waals surface area contributed by atoms with Crippen molar-refractivity contribution < 1.29 is 19.0 Å². The Morgan fingerprint density at radius 2 is 1.61 bits per heavy atom. The second kappa shape index (κ2) is 12.1. The van der Waals surface area contributed by atoms with Crippen molar-refractivity contribution in [2.24, 2.45) is 5.10 Å². The average molecular weight is 508 g/mol. The number of amides is 1. The maximum atomic E-state index is 12.8. The number of carbonyl (C=O) groups excluding carboxylic acids is 1. The molecule has 0 aliphatic carbocycles. The molecule has 190 valence electrons. The molecule has 0 atom stereocenters. The fourth-order valence-corrected chi connectivity index (χ4v) is 3.74. The molecule has 1 N–H and O–H groups in total. The number of hydrogen-bond acceptors (Lipinski definition) is 7. The summed E-state index contributed by atoms with van der Waals surface area (Å²) in [5.74, 6) is 0.537. The minimum atomic E-state index is -0.672. The van der Waals surface area contributed by atoms with E-state index in [2.05, 4.69) is 10.5 Å².